The van der Waals surface area contributed by atoms with E-state index in [2.05, 4.69) is 0 Å². The normalized spacial score (nSPS) is 12.0. The van der Waals surface area contributed by atoms with Gasteiger partial charge in [0.25, 0.3) is 0 Å². The van der Waals surface area contributed by atoms with Crippen LogP contribution in [0.4, 0.5) is 4.39 Å². The molecule has 0 aliphatic carbocycles. The van der Waals surface area contributed by atoms with Crippen LogP contribution in [0.25, 0.3) is 11.0 Å². The molecule has 0 radical (unpaired) electrons. The molecule has 3 aromatic rings. The minimum absolute atomic E-state index is 0. The Labute approximate surface area is 201 Å². The molecular weight excluding hydrogens is 474 g/mol. The van der Waals surface area contributed by atoms with E-state index < -0.39 is 10.0 Å². The zero-order valence-electron chi connectivity index (χ0n) is 18.5. The lowest BCUT2D eigenvalue weighted by Crippen LogP contribution is -2.22. The van der Waals surface area contributed by atoms with Gasteiger partial charge in [-0.05, 0) is 49.8 Å². The van der Waals surface area contributed by atoms with Crippen LogP contribution in [-0.4, -0.2) is 42.9 Å². The number of aromatic nitrogens is 2. The lowest BCUT2D eigenvalue weighted by molar-refractivity contribution is 0.520. The molecule has 6 nitrogen and oxygen atoms in total. The topological polar surface area (TPSA) is 81.2 Å². The first kappa shape index (κ1) is 28.1. The van der Waals surface area contributed by atoms with Gasteiger partial charge in [0.1, 0.15) is 5.83 Å². The summed E-state index contributed by atoms with van der Waals surface area (Å²) in [5, 5.41) is 0. The van der Waals surface area contributed by atoms with Crippen LogP contribution in [0.3, 0.4) is 0 Å². The molecule has 0 unspecified atom stereocenters. The van der Waals surface area contributed by atoms with Gasteiger partial charge in [-0.15, -0.1) is 24.8 Å². The largest absolute Gasteiger partial charge is 0.336 e. The lowest BCUT2D eigenvalue weighted by Gasteiger charge is -2.12. The first-order valence-electron chi connectivity index (χ1n) is 9.66. The fraction of sp³-hybridized carbons (Fsp3) is 0.318. The third-order valence-electron chi connectivity index (χ3n) is 5.16. The molecule has 2 heterocycles. The Kier molecular flexibility index (Phi) is 9.86. The third-order valence-corrected chi connectivity index (χ3v) is 6.99. The second kappa shape index (κ2) is 11.2. The molecule has 3 rings (SSSR count). The zero-order chi connectivity index (χ0) is 22.1. The predicted octanol–water partition coefficient (Wildman–Crippen LogP) is 4.15. The molecular formula is C22H29Cl2FN4O2S. The van der Waals surface area contributed by atoms with Crippen LogP contribution in [-0.2, 0) is 23.0 Å². The summed E-state index contributed by atoms with van der Waals surface area (Å²) in [4.78, 5) is 4.95. The first-order chi connectivity index (χ1) is 14.1. The summed E-state index contributed by atoms with van der Waals surface area (Å²) >= 11 is 0. The Morgan fingerprint density at radius 2 is 1.75 bits per heavy atom. The summed E-state index contributed by atoms with van der Waals surface area (Å²) < 4.78 is 41.9. The number of fused-ring (bicyclic) bond motifs is 1. The van der Waals surface area contributed by atoms with Gasteiger partial charge < -0.3 is 10.3 Å². The van der Waals surface area contributed by atoms with E-state index in [1.54, 1.807) is 12.1 Å². The van der Waals surface area contributed by atoms with Crippen molar-refractivity contribution in [1.29, 1.82) is 0 Å². The van der Waals surface area contributed by atoms with Gasteiger partial charge in [0.2, 0.25) is 10.0 Å². The zero-order valence-corrected chi connectivity index (χ0v) is 21.0. The Morgan fingerprint density at radius 1 is 1.12 bits per heavy atom. The van der Waals surface area contributed by atoms with Crippen LogP contribution in [0.5, 0.6) is 0 Å². The molecule has 2 aromatic heterocycles. The molecule has 0 fully saturated rings. The number of benzene rings is 1. The number of nitrogens with two attached hydrogens (primary N) is 1. The van der Waals surface area contributed by atoms with Gasteiger partial charge in [-0.3, -0.25) is 4.98 Å². The fourth-order valence-corrected chi connectivity index (χ4v) is 4.36. The third kappa shape index (κ3) is 5.68. The molecule has 1 aromatic carbocycles. The molecule has 0 saturated heterocycles. The van der Waals surface area contributed by atoms with Crippen LogP contribution in [0.2, 0.25) is 0 Å². The molecule has 0 aliphatic heterocycles. The van der Waals surface area contributed by atoms with Crippen molar-refractivity contribution >= 4 is 45.9 Å². The maximum absolute atomic E-state index is 14.2. The number of halogens is 3. The maximum atomic E-state index is 14.2. The van der Waals surface area contributed by atoms with E-state index in [-0.39, 0.29) is 48.6 Å². The van der Waals surface area contributed by atoms with Crippen LogP contribution in [0, 0.1) is 13.8 Å². The van der Waals surface area contributed by atoms with E-state index >= 15 is 0 Å². The molecule has 176 valence electrons. The van der Waals surface area contributed by atoms with Crippen LogP contribution >= 0.6 is 24.8 Å². The standard InChI is InChI=1S/C22H27FN4O2S.2ClH/c1-15-5-10-21-22(25-15)20(16(2)27(21)14-18(23)11-12-24)13-17-6-8-19(9-7-17)30(28,29)26(3)4;;/h5-11H,12-14,24H2,1-4H3;2*1H/b18-11-;;. The Balaban J connectivity index is 0.00000256. The van der Waals surface area contributed by atoms with Crippen molar-refractivity contribution in [2.75, 3.05) is 20.6 Å². The lowest BCUT2D eigenvalue weighted by atomic mass is 10.0. The molecule has 0 atom stereocenters. The molecule has 0 saturated carbocycles. The van der Waals surface area contributed by atoms with Crippen molar-refractivity contribution in [3.05, 3.63) is 70.8 Å². The predicted molar refractivity (Wildman–Crippen MR) is 132 cm³/mol. The summed E-state index contributed by atoms with van der Waals surface area (Å²) in [6, 6.07) is 10.7. The van der Waals surface area contributed by atoms with Gasteiger partial charge in [0.15, 0.2) is 0 Å². The Bertz CT molecular complexity index is 1210. The number of pyridine rings is 1. The number of aryl methyl sites for hydroxylation is 1. The average molecular weight is 503 g/mol. The van der Waals surface area contributed by atoms with Crippen LogP contribution in [0.1, 0.15) is 22.5 Å². The van der Waals surface area contributed by atoms with Gasteiger partial charge in [-0.25, -0.2) is 17.1 Å². The van der Waals surface area contributed by atoms with Gasteiger partial charge in [-0.2, -0.15) is 0 Å². The van der Waals surface area contributed by atoms with Crippen molar-refractivity contribution in [1.82, 2.24) is 13.9 Å². The van der Waals surface area contributed by atoms with Gasteiger partial charge in [0, 0.05) is 44.0 Å². The van der Waals surface area contributed by atoms with Crippen molar-refractivity contribution in [3.8, 4) is 0 Å². The smallest absolute Gasteiger partial charge is 0.242 e. The molecule has 0 bridgehead atoms. The number of rotatable bonds is 7. The van der Waals surface area contributed by atoms with Gasteiger partial charge in [-0.1, -0.05) is 12.1 Å². The van der Waals surface area contributed by atoms with E-state index in [9.17, 15) is 12.8 Å². The first-order valence-corrected chi connectivity index (χ1v) is 11.1. The second-order valence-corrected chi connectivity index (χ2v) is 9.62. The SMILES string of the molecule is Cc1ccc2c(n1)c(Cc1ccc(S(=O)(=O)N(C)C)cc1)c(C)n2C/C(F)=C/CN.Cl.Cl. The molecule has 0 aliphatic rings. The van der Waals surface area contributed by atoms with E-state index in [1.165, 1.54) is 24.5 Å². The second-order valence-electron chi connectivity index (χ2n) is 7.47. The quantitative estimate of drug-likeness (QED) is 0.525. The van der Waals surface area contributed by atoms with E-state index in [1.807, 2.05) is 42.7 Å². The maximum Gasteiger partial charge on any atom is 0.242 e. The molecule has 2 N–H and O–H groups in total. The highest BCUT2D eigenvalue weighted by Gasteiger charge is 2.19. The summed E-state index contributed by atoms with van der Waals surface area (Å²) in [5.41, 5.74) is 10.9. The summed E-state index contributed by atoms with van der Waals surface area (Å²) in [6.07, 6.45) is 1.94. The fourth-order valence-electron chi connectivity index (χ4n) is 3.46. The number of nitrogens with zero attached hydrogens (tertiary/aromatic N) is 3. The molecule has 10 heteroatoms. The Hall–Kier alpha value is -1.97. The molecule has 32 heavy (non-hydrogen) atoms. The number of allylic oxidation sites excluding steroid dienone is 1. The minimum Gasteiger partial charge on any atom is -0.336 e. The van der Waals surface area contributed by atoms with Crippen LogP contribution in [0.15, 0.2) is 53.2 Å². The monoisotopic (exact) mass is 502 g/mol. The van der Waals surface area contributed by atoms with E-state index in [4.69, 9.17) is 10.7 Å². The number of hydrogen-bond acceptors (Lipinski definition) is 4. The van der Waals surface area contributed by atoms with Crippen molar-refractivity contribution < 1.29 is 12.8 Å². The average Bonchev–Trinajstić information content (AvgIpc) is 2.93. The highest BCUT2D eigenvalue weighted by molar-refractivity contribution is 7.89. The van der Waals surface area contributed by atoms with Crippen molar-refractivity contribution in [3.63, 3.8) is 0 Å². The highest BCUT2D eigenvalue weighted by atomic mass is 35.5. The molecule has 0 spiro atoms. The molecule has 0 amide bonds. The minimum atomic E-state index is -3.47. The van der Waals surface area contributed by atoms with Crippen molar-refractivity contribution in [2.45, 2.75) is 31.7 Å². The van der Waals surface area contributed by atoms with Crippen LogP contribution < -0.4 is 5.73 Å². The summed E-state index contributed by atoms with van der Waals surface area (Å²) in [6.45, 7) is 4.12. The Morgan fingerprint density at radius 3 is 2.31 bits per heavy atom. The summed E-state index contributed by atoms with van der Waals surface area (Å²) in [7, 11) is -0.456. The highest BCUT2D eigenvalue weighted by Crippen LogP contribution is 2.28. The van der Waals surface area contributed by atoms with Gasteiger partial charge >= 0.3 is 0 Å². The van der Waals surface area contributed by atoms with E-state index in [0.717, 1.165) is 33.5 Å². The number of sulfonamides is 1. The van der Waals surface area contributed by atoms with E-state index in [0.29, 0.717) is 6.42 Å². The number of hydrogen-bond donors (Lipinski definition) is 1. The summed E-state index contributed by atoms with van der Waals surface area (Å²) in [5.74, 6) is -0.289. The van der Waals surface area contributed by atoms with Gasteiger partial charge in [0.05, 0.1) is 22.5 Å². The van der Waals surface area contributed by atoms with Crippen molar-refractivity contribution in [2.24, 2.45) is 5.73 Å².